The molecule has 1 heterocycles. The van der Waals surface area contributed by atoms with Crippen molar-refractivity contribution in [3.05, 3.63) is 35.7 Å². The SMILES string of the molecule is C[C@@H](Oc1ccc(C#N)cc1)C(=O)OCc1nc(N)nc(N)n1. The molecule has 0 saturated carbocycles. The summed E-state index contributed by atoms with van der Waals surface area (Å²) in [5.41, 5.74) is 11.3. The van der Waals surface area contributed by atoms with Crippen LogP contribution in [0.3, 0.4) is 0 Å². The monoisotopic (exact) mass is 314 g/mol. The van der Waals surface area contributed by atoms with E-state index in [0.29, 0.717) is 11.3 Å². The molecule has 0 spiro atoms. The van der Waals surface area contributed by atoms with E-state index < -0.39 is 12.1 Å². The van der Waals surface area contributed by atoms with Crippen LogP contribution in [0, 0.1) is 11.3 Å². The van der Waals surface area contributed by atoms with Gasteiger partial charge in [0.05, 0.1) is 11.6 Å². The minimum Gasteiger partial charge on any atom is -0.479 e. The maximum absolute atomic E-state index is 11.9. The van der Waals surface area contributed by atoms with Crippen molar-refractivity contribution in [1.82, 2.24) is 15.0 Å². The highest BCUT2D eigenvalue weighted by molar-refractivity contribution is 5.74. The van der Waals surface area contributed by atoms with Gasteiger partial charge < -0.3 is 20.9 Å². The number of hydrogen-bond acceptors (Lipinski definition) is 9. The number of rotatable bonds is 5. The number of aromatic nitrogens is 3. The zero-order valence-corrected chi connectivity index (χ0v) is 12.3. The number of ether oxygens (including phenoxy) is 2. The first-order valence-corrected chi connectivity index (χ1v) is 6.57. The number of carbonyl (C=O) groups is 1. The second-order valence-corrected chi connectivity index (χ2v) is 4.47. The van der Waals surface area contributed by atoms with Crippen LogP contribution in [0.25, 0.3) is 0 Å². The van der Waals surface area contributed by atoms with Gasteiger partial charge in [0.1, 0.15) is 5.75 Å². The molecule has 1 atom stereocenters. The highest BCUT2D eigenvalue weighted by Crippen LogP contribution is 2.14. The number of hydrogen-bond donors (Lipinski definition) is 2. The van der Waals surface area contributed by atoms with Crippen LogP contribution in [0.5, 0.6) is 5.75 Å². The Labute approximate surface area is 131 Å². The predicted octanol–water partition coefficient (Wildman–Crippen LogP) is 0.418. The van der Waals surface area contributed by atoms with Crippen molar-refractivity contribution in [1.29, 1.82) is 5.26 Å². The van der Waals surface area contributed by atoms with Crippen molar-refractivity contribution in [3.8, 4) is 11.8 Å². The van der Waals surface area contributed by atoms with Gasteiger partial charge in [-0.1, -0.05) is 0 Å². The molecule has 2 rings (SSSR count). The molecule has 1 aromatic carbocycles. The third-order valence-corrected chi connectivity index (χ3v) is 2.69. The van der Waals surface area contributed by atoms with Crippen molar-refractivity contribution in [2.75, 3.05) is 11.5 Å². The Bertz CT molecular complexity index is 721. The van der Waals surface area contributed by atoms with Gasteiger partial charge in [-0.2, -0.15) is 20.2 Å². The van der Waals surface area contributed by atoms with E-state index in [1.165, 1.54) is 6.92 Å². The zero-order chi connectivity index (χ0) is 16.8. The summed E-state index contributed by atoms with van der Waals surface area (Å²) >= 11 is 0. The molecule has 9 nitrogen and oxygen atoms in total. The number of nitrogen functional groups attached to an aromatic ring is 2. The highest BCUT2D eigenvalue weighted by Gasteiger charge is 2.17. The van der Waals surface area contributed by atoms with Crippen molar-refractivity contribution >= 4 is 17.9 Å². The van der Waals surface area contributed by atoms with E-state index in [4.69, 9.17) is 26.2 Å². The molecule has 118 valence electrons. The number of anilines is 2. The molecule has 0 aliphatic heterocycles. The van der Waals surface area contributed by atoms with E-state index in [1.54, 1.807) is 24.3 Å². The normalized spacial score (nSPS) is 11.3. The average Bonchev–Trinajstić information content (AvgIpc) is 2.52. The first-order valence-electron chi connectivity index (χ1n) is 6.57. The summed E-state index contributed by atoms with van der Waals surface area (Å²) in [6.07, 6.45) is -0.848. The molecule has 9 heteroatoms. The largest absolute Gasteiger partial charge is 0.479 e. The molecule has 0 fully saturated rings. The zero-order valence-electron chi connectivity index (χ0n) is 12.3. The summed E-state index contributed by atoms with van der Waals surface area (Å²) in [5, 5.41) is 8.72. The highest BCUT2D eigenvalue weighted by atomic mass is 16.6. The molecule has 0 bridgehead atoms. The van der Waals surface area contributed by atoms with Crippen molar-refractivity contribution < 1.29 is 14.3 Å². The summed E-state index contributed by atoms with van der Waals surface area (Å²) in [7, 11) is 0. The quantitative estimate of drug-likeness (QED) is 0.748. The Balaban J connectivity index is 1.90. The van der Waals surface area contributed by atoms with Gasteiger partial charge in [-0.3, -0.25) is 0 Å². The first kappa shape index (κ1) is 16.0. The molecule has 4 N–H and O–H groups in total. The fourth-order valence-electron chi connectivity index (χ4n) is 1.63. The van der Waals surface area contributed by atoms with E-state index in [-0.39, 0.29) is 24.3 Å². The molecule has 1 aromatic heterocycles. The first-order chi connectivity index (χ1) is 11.0. The van der Waals surface area contributed by atoms with Gasteiger partial charge in [0.15, 0.2) is 18.5 Å². The topological polar surface area (TPSA) is 150 Å². The number of carbonyl (C=O) groups excluding carboxylic acids is 1. The molecule has 0 saturated heterocycles. The number of nitriles is 1. The lowest BCUT2D eigenvalue weighted by atomic mass is 10.2. The lowest BCUT2D eigenvalue weighted by Gasteiger charge is -2.13. The smallest absolute Gasteiger partial charge is 0.347 e. The summed E-state index contributed by atoms with van der Waals surface area (Å²) in [5.74, 6) is -0.112. The average molecular weight is 314 g/mol. The van der Waals surface area contributed by atoms with Crippen molar-refractivity contribution in [2.24, 2.45) is 0 Å². The van der Waals surface area contributed by atoms with Gasteiger partial charge in [-0.25, -0.2) is 4.79 Å². The Morgan fingerprint density at radius 3 is 2.39 bits per heavy atom. The fourth-order valence-corrected chi connectivity index (χ4v) is 1.63. The maximum atomic E-state index is 11.9. The van der Waals surface area contributed by atoms with Gasteiger partial charge >= 0.3 is 5.97 Å². The van der Waals surface area contributed by atoms with E-state index in [0.717, 1.165) is 0 Å². The van der Waals surface area contributed by atoms with E-state index in [2.05, 4.69) is 15.0 Å². The van der Waals surface area contributed by atoms with Crippen LogP contribution in [0.1, 0.15) is 18.3 Å². The standard InChI is InChI=1S/C14H14N6O3/c1-8(23-10-4-2-9(6-15)3-5-10)12(21)22-7-11-18-13(16)20-14(17)19-11/h2-5,8H,7H2,1H3,(H4,16,17,18,19,20)/t8-/m1/s1. The molecule has 0 unspecified atom stereocenters. The van der Waals surface area contributed by atoms with E-state index in [9.17, 15) is 4.79 Å². The fraction of sp³-hybridized carbons (Fsp3) is 0.214. The number of esters is 1. The minimum absolute atomic E-state index is 0.0505. The second kappa shape index (κ2) is 7.04. The van der Waals surface area contributed by atoms with E-state index in [1.807, 2.05) is 6.07 Å². The molecule has 0 radical (unpaired) electrons. The predicted molar refractivity (Wildman–Crippen MR) is 79.7 cm³/mol. The molecule has 2 aromatic rings. The Kier molecular flexibility index (Phi) is 4.89. The Morgan fingerprint density at radius 2 is 1.83 bits per heavy atom. The van der Waals surface area contributed by atoms with Crippen LogP contribution in [-0.4, -0.2) is 27.0 Å². The molecular weight excluding hydrogens is 300 g/mol. The van der Waals surface area contributed by atoms with Gasteiger partial charge in [0.25, 0.3) is 0 Å². The summed E-state index contributed by atoms with van der Waals surface area (Å²) in [6.45, 7) is 1.34. The van der Waals surface area contributed by atoms with Crippen molar-refractivity contribution in [3.63, 3.8) is 0 Å². The summed E-state index contributed by atoms with van der Waals surface area (Å²) in [4.78, 5) is 23.1. The van der Waals surface area contributed by atoms with Gasteiger partial charge in [0, 0.05) is 0 Å². The lowest BCUT2D eigenvalue weighted by Crippen LogP contribution is -2.26. The van der Waals surface area contributed by atoms with Gasteiger partial charge in [-0.15, -0.1) is 0 Å². The van der Waals surface area contributed by atoms with Crippen LogP contribution >= 0.6 is 0 Å². The summed E-state index contributed by atoms with van der Waals surface area (Å²) < 4.78 is 10.5. The molecule has 23 heavy (non-hydrogen) atoms. The number of nitrogens with two attached hydrogens (primary N) is 2. The van der Waals surface area contributed by atoms with Crippen molar-refractivity contribution in [2.45, 2.75) is 19.6 Å². The lowest BCUT2D eigenvalue weighted by molar-refractivity contribution is -0.152. The molecule has 0 aliphatic rings. The van der Waals surface area contributed by atoms with Gasteiger partial charge in [-0.05, 0) is 31.2 Å². The third kappa shape index (κ3) is 4.53. The Hall–Kier alpha value is -3.41. The van der Waals surface area contributed by atoms with Crippen LogP contribution in [0.15, 0.2) is 24.3 Å². The van der Waals surface area contributed by atoms with Crippen LogP contribution < -0.4 is 16.2 Å². The minimum atomic E-state index is -0.848. The number of benzene rings is 1. The van der Waals surface area contributed by atoms with Crippen LogP contribution in [-0.2, 0) is 16.1 Å². The molecule has 0 amide bonds. The molecule has 0 aliphatic carbocycles. The molecular formula is C14H14N6O3. The second-order valence-electron chi connectivity index (χ2n) is 4.47. The summed E-state index contributed by atoms with van der Waals surface area (Å²) in [6, 6.07) is 8.35. The number of nitrogens with zero attached hydrogens (tertiary/aromatic N) is 4. The van der Waals surface area contributed by atoms with Crippen LogP contribution in [0.4, 0.5) is 11.9 Å². The third-order valence-electron chi connectivity index (χ3n) is 2.69. The Morgan fingerprint density at radius 1 is 1.22 bits per heavy atom. The maximum Gasteiger partial charge on any atom is 0.347 e. The van der Waals surface area contributed by atoms with E-state index >= 15 is 0 Å². The van der Waals surface area contributed by atoms with Gasteiger partial charge in [0.2, 0.25) is 11.9 Å². The van der Waals surface area contributed by atoms with Crippen LogP contribution in [0.2, 0.25) is 0 Å².